The van der Waals surface area contributed by atoms with Crippen molar-refractivity contribution in [3.8, 4) is 0 Å². The van der Waals surface area contributed by atoms with Gasteiger partial charge in [-0.2, -0.15) is 5.10 Å². The summed E-state index contributed by atoms with van der Waals surface area (Å²) < 4.78 is 10.2. The van der Waals surface area contributed by atoms with Crippen molar-refractivity contribution >= 4 is 33.6 Å². The molecule has 27 heavy (non-hydrogen) atoms. The predicted octanol–water partition coefficient (Wildman–Crippen LogP) is 3.62. The highest BCUT2D eigenvalue weighted by atomic mass is 16.6. The highest BCUT2D eigenvalue weighted by Crippen LogP contribution is 2.24. The van der Waals surface area contributed by atoms with E-state index in [2.05, 4.69) is 10.2 Å². The zero-order chi connectivity index (χ0) is 18.6. The Morgan fingerprint density at radius 1 is 0.926 bits per heavy atom. The fraction of sp³-hybridized carbons (Fsp3) is 0.0952. The van der Waals surface area contributed by atoms with E-state index < -0.39 is 18.5 Å². The van der Waals surface area contributed by atoms with Gasteiger partial charge in [-0.3, -0.25) is 5.10 Å². The second-order valence-electron chi connectivity index (χ2n) is 6.06. The van der Waals surface area contributed by atoms with Gasteiger partial charge in [-0.15, -0.1) is 0 Å². The Bertz CT molecular complexity index is 1120. The first-order valence-corrected chi connectivity index (χ1v) is 8.43. The van der Waals surface area contributed by atoms with E-state index in [-0.39, 0.29) is 6.61 Å². The molecule has 6 nitrogen and oxygen atoms in total. The molecular formula is C21H16N2O4. The average Bonchev–Trinajstić information content (AvgIpc) is 3.20. The molecule has 1 aromatic heterocycles. The summed E-state index contributed by atoms with van der Waals surface area (Å²) in [5, 5.41) is 9.82. The van der Waals surface area contributed by atoms with Gasteiger partial charge in [0, 0.05) is 10.8 Å². The van der Waals surface area contributed by atoms with Crippen LogP contribution in [0.1, 0.15) is 15.9 Å². The number of nitrogens with zero attached hydrogens (tertiary/aromatic N) is 1. The zero-order valence-electron chi connectivity index (χ0n) is 14.3. The normalized spacial score (nSPS) is 10.8. The van der Waals surface area contributed by atoms with Crippen molar-refractivity contribution in [1.82, 2.24) is 10.2 Å². The zero-order valence-corrected chi connectivity index (χ0v) is 14.3. The molecule has 0 saturated heterocycles. The molecule has 0 bridgehead atoms. The van der Waals surface area contributed by atoms with E-state index in [9.17, 15) is 9.59 Å². The molecule has 0 aliphatic rings. The number of carbonyl (C=O) groups is 2. The number of hydrogen-bond donors (Lipinski definition) is 1. The fourth-order valence-electron chi connectivity index (χ4n) is 2.86. The minimum atomic E-state index is -0.591. The van der Waals surface area contributed by atoms with Crippen LogP contribution in [0.15, 0.2) is 66.9 Å². The number of H-pyrrole nitrogens is 1. The van der Waals surface area contributed by atoms with Gasteiger partial charge in [-0.05, 0) is 23.1 Å². The summed E-state index contributed by atoms with van der Waals surface area (Å²) in [6, 6.07) is 18.4. The van der Waals surface area contributed by atoms with Crippen molar-refractivity contribution in [2.24, 2.45) is 0 Å². The Kier molecular flexibility index (Phi) is 4.53. The maximum atomic E-state index is 12.2. The molecule has 0 radical (unpaired) electrons. The highest BCUT2D eigenvalue weighted by Gasteiger charge is 2.13. The third-order valence-corrected chi connectivity index (χ3v) is 4.23. The number of ether oxygens (including phenoxy) is 2. The van der Waals surface area contributed by atoms with Crippen LogP contribution in [0.2, 0.25) is 0 Å². The molecule has 0 unspecified atom stereocenters. The molecule has 4 rings (SSSR count). The van der Waals surface area contributed by atoms with E-state index >= 15 is 0 Å². The van der Waals surface area contributed by atoms with Crippen LogP contribution >= 0.6 is 0 Å². The van der Waals surface area contributed by atoms with Gasteiger partial charge in [0.05, 0.1) is 17.3 Å². The number of rotatable bonds is 5. The van der Waals surface area contributed by atoms with Crippen LogP contribution in [-0.4, -0.2) is 28.7 Å². The smallest absolute Gasteiger partial charge is 0.344 e. The number of fused-ring (bicyclic) bond motifs is 3. The summed E-state index contributed by atoms with van der Waals surface area (Å²) in [6.07, 6.45) is 1.75. The standard InChI is InChI=1S/C21H16N2O4/c24-19(26-12-14-4-2-1-3-5-14)13-27-21(25)16-8-9-18-15(10-16)6-7-17-11-22-23-20(17)18/h1-11H,12-13H2,(H,22,23). The quantitative estimate of drug-likeness (QED) is 0.550. The summed E-state index contributed by atoms with van der Waals surface area (Å²) in [4.78, 5) is 24.0. The number of nitrogens with one attached hydrogen (secondary N) is 1. The molecule has 0 amide bonds. The Morgan fingerprint density at radius 3 is 2.59 bits per heavy atom. The lowest BCUT2D eigenvalue weighted by atomic mass is 10.0. The van der Waals surface area contributed by atoms with Gasteiger partial charge in [-0.25, -0.2) is 9.59 Å². The largest absolute Gasteiger partial charge is 0.458 e. The number of esters is 2. The van der Waals surface area contributed by atoms with Gasteiger partial charge >= 0.3 is 11.9 Å². The summed E-state index contributed by atoms with van der Waals surface area (Å²) in [6.45, 7) is -0.281. The van der Waals surface area contributed by atoms with Crippen LogP contribution in [0.3, 0.4) is 0 Å². The van der Waals surface area contributed by atoms with E-state index in [0.717, 1.165) is 27.2 Å². The summed E-state index contributed by atoms with van der Waals surface area (Å²) >= 11 is 0. The third-order valence-electron chi connectivity index (χ3n) is 4.23. The minimum absolute atomic E-state index is 0.146. The van der Waals surface area contributed by atoms with E-state index in [1.54, 1.807) is 18.3 Å². The van der Waals surface area contributed by atoms with Gasteiger partial charge < -0.3 is 9.47 Å². The maximum absolute atomic E-state index is 12.2. The van der Waals surface area contributed by atoms with Gasteiger partial charge in [0.25, 0.3) is 0 Å². The molecule has 1 N–H and O–H groups in total. The van der Waals surface area contributed by atoms with Gasteiger partial charge in [0.15, 0.2) is 6.61 Å². The molecule has 0 atom stereocenters. The van der Waals surface area contributed by atoms with Gasteiger partial charge in [0.1, 0.15) is 6.61 Å². The first-order valence-electron chi connectivity index (χ1n) is 8.43. The first-order chi connectivity index (χ1) is 13.2. The molecule has 0 aliphatic carbocycles. The molecule has 0 saturated carbocycles. The SMILES string of the molecule is O=C(COC(=O)c1ccc2c(ccc3cn[nH]c32)c1)OCc1ccccc1. The molecule has 0 spiro atoms. The molecule has 0 fully saturated rings. The Morgan fingerprint density at radius 2 is 1.74 bits per heavy atom. The number of aromatic nitrogens is 2. The molecule has 4 aromatic rings. The van der Waals surface area contributed by atoms with Crippen molar-refractivity contribution in [2.75, 3.05) is 6.61 Å². The Hall–Kier alpha value is -3.67. The number of carbonyl (C=O) groups excluding carboxylic acids is 2. The van der Waals surface area contributed by atoms with Crippen molar-refractivity contribution in [2.45, 2.75) is 6.61 Å². The predicted molar refractivity (Wildman–Crippen MR) is 100 cm³/mol. The Balaban J connectivity index is 1.39. The number of hydrogen-bond acceptors (Lipinski definition) is 5. The fourth-order valence-corrected chi connectivity index (χ4v) is 2.86. The van der Waals surface area contributed by atoms with Gasteiger partial charge in [0.2, 0.25) is 0 Å². The van der Waals surface area contributed by atoms with Crippen LogP contribution in [0.4, 0.5) is 0 Å². The van der Waals surface area contributed by atoms with E-state index in [0.29, 0.717) is 5.56 Å². The van der Waals surface area contributed by atoms with Crippen LogP contribution in [0, 0.1) is 0 Å². The average molecular weight is 360 g/mol. The highest BCUT2D eigenvalue weighted by molar-refractivity contribution is 6.07. The lowest BCUT2D eigenvalue weighted by Gasteiger charge is -2.07. The summed E-state index contributed by atoms with van der Waals surface area (Å²) in [5.41, 5.74) is 2.16. The van der Waals surface area contributed by atoms with E-state index in [4.69, 9.17) is 9.47 Å². The molecule has 3 aromatic carbocycles. The second kappa shape index (κ2) is 7.29. The Labute approximate surface area is 154 Å². The van der Waals surface area contributed by atoms with Crippen molar-refractivity contribution < 1.29 is 19.1 Å². The lowest BCUT2D eigenvalue weighted by Crippen LogP contribution is -2.16. The molecular weight excluding hydrogens is 344 g/mol. The van der Waals surface area contributed by atoms with E-state index in [1.807, 2.05) is 48.5 Å². The van der Waals surface area contributed by atoms with Crippen molar-refractivity contribution in [3.05, 3.63) is 78.0 Å². The van der Waals surface area contributed by atoms with E-state index in [1.165, 1.54) is 0 Å². The van der Waals surface area contributed by atoms with Crippen LogP contribution in [-0.2, 0) is 20.9 Å². The molecule has 1 heterocycles. The third kappa shape index (κ3) is 3.64. The lowest BCUT2D eigenvalue weighted by molar-refractivity contribution is -0.148. The van der Waals surface area contributed by atoms with Crippen molar-refractivity contribution in [3.63, 3.8) is 0 Å². The van der Waals surface area contributed by atoms with Crippen LogP contribution < -0.4 is 0 Å². The maximum Gasteiger partial charge on any atom is 0.344 e. The minimum Gasteiger partial charge on any atom is -0.458 e. The van der Waals surface area contributed by atoms with Crippen LogP contribution in [0.5, 0.6) is 0 Å². The van der Waals surface area contributed by atoms with Gasteiger partial charge in [-0.1, -0.05) is 48.5 Å². The summed E-state index contributed by atoms with van der Waals surface area (Å²) in [5.74, 6) is -1.16. The molecule has 6 heteroatoms. The second-order valence-corrected chi connectivity index (χ2v) is 6.06. The first kappa shape index (κ1) is 16.8. The van der Waals surface area contributed by atoms with Crippen molar-refractivity contribution in [1.29, 1.82) is 0 Å². The number of benzene rings is 3. The summed E-state index contributed by atoms with van der Waals surface area (Å²) in [7, 11) is 0. The van der Waals surface area contributed by atoms with Crippen LogP contribution in [0.25, 0.3) is 21.7 Å². The molecule has 134 valence electrons. The number of aromatic amines is 1. The monoisotopic (exact) mass is 360 g/mol. The topological polar surface area (TPSA) is 81.3 Å². The molecule has 0 aliphatic heterocycles.